The molecular weight excluding hydrogens is 483 g/mol. The number of nitrogens with zero attached hydrogens (tertiary/aromatic N) is 4. The second-order valence-corrected chi connectivity index (χ2v) is 8.83. The Balaban J connectivity index is 1.30. The van der Waals surface area contributed by atoms with Gasteiger partial charge in [0.2, 0.25) is 4.96 Å². The fourth-order valence-corrected chi connectivity index (χ4v) is 4.57. The molecule has 4 aromatic heterocycles. The van der Waals surface area contributed by atoms with Gasteiger partial charge in [-0.05, 0) is 53.8 Å². The van der Waals surface area contributed by atoms with E-state index in [9.17, 15) is 4.39 Å². The van der Waals surface area contributed by atoms with Gasteiger partial charge >= 0.3 is 0 Å². The Morgan fingerprint density at radius 2 is 1.83 bits per heavy atom. The summed E-state index contributed by atoms with van der Waals surface area (Å²) >= 11 is 1.35. The molecule has 4 heterocycles. The van der Waals surface area contributed by atoms with Gasteiger partial charge in [-0.3, -0.25) is 4.98 Å². The summed E-state index contributed by atoms with van der Waals surface area (Å²) in [6.07, 6.45) is 3.46. The highest BCUT2D eigenvalue weighted by molar-refractivity contribution is 7.18. The van der Waals surface area contributed by atoms with Crippen LogP contribution in [-0.2, 0) is 6.61 Å². The fraction of sp³-hybridized carbons (Fsp3) is 0.115. The van der Waals surface area contributed by atoms with Crippen molar-refractivity contribution in [1.82, 2.24) is 19.6 Å². The maximum absolute atomic E-state index is 13.3. The van der Waals surface area contributed by atoms with Gasteiger partial charge in [-0.15, -0.1) is 5.10 Å². The summed E-state index contributed by atoms with van der Waals surface area (Å²) in [5, 5.41) is 5.75. The summed E-state index contributed by atoms with van der Waals surface area (Å²) in [4.78, 5) is 9.69. The van der Waals surface area contributed by atoms with Crippen LogP contribution in [0.3, 0.4) is 0 Å². The zero-order chi connectivity index (χ0) is 24.6. The molecular formula is C26H19FN4O4S. The molecule has 36 heavy (non-hydrogen) atoms. The lowest BCUT2D eigenvalue weighted by Crippen LogP contribution is -1.97. The molecule has 180 valence electrons. The zero-order valence-corrected chi connectivity index (χ0v) is 20.1. The van der Waals surface area contributed by atoms with E-state index in [1.54, 1.807) is 49.3 Å². The Morgan fingerprint density at radius 3 is 2.61 bits per heavy atom. The summed E-state index contributed by atoms with van der Waals surface area (Å²) in [6.45, 7) is 0.274. The number of hydrogen-bond acceptors (Lipinski definition) is 8. The molecule has 8 nitrogen and oxygen atoms in total. The van der Waals surface area contributed by atoms with Crippen LogP contribution in [0.25, 0.3) is 38.6 Å². The Kier molecular flexibility index (Phi) is 5.49. The zero-order valence-electron chi connectivity index (χ0n) is 19.3. The normalized spacial score (nSPS) is 11.3. The van der Waals surface area contributed by atoms with E-state index in [0.29, 0.717) is 44.4 Å². The summed E-state index contributed by atoms with van der Waals surface area (Å²) in [5.74, 6) is 1.61. The van der Waals surface area contributed by atoms with Crippen molar-refractivity contribution in [3.63, 3.8) is 0 Å². The Hall–Kier alpha value is -4.44. The van der Waals surface area contributed by atoms with Crippen molar-refractivity contribution in [2.45, 2.75) is 6.61 Å². The Morgan fingerprint density at radius 1 is 0.972 bits per heavy atom. The molecule has 0 aliphatic rings. The maximum atomic E-state index is 13.3. The van der Waals surface area contributed by atoms with E-state index in [1.807, 2.05) is 24.3 Å². The average molecular weight is 503 g/mol. The third kappa shape index (κ3) is 4.11. The number of methoxy groups -OCH3 is 2. The fourth-order valence-electron chi connectivity index (χ4n) is 3.87. The first-order chi connectivity index (χ1) is 17.6. The van der Waals surface area contributed by atoms with E-state index in [1.165, 1.54) is 23.5 Å². The second-order valence-electron chi connectivity index (χ2n) is 7.91. The van der Waals surface area contributed by atoms with Crippen LogP contribution < -0.4 is 14.2 Å². The molecule has 0 aliphatic carbocycles. The topological polar surface area (TPSA) is 83.9 Å². The smallest absolute Gasteiger partial charge is 0.294 e. The standard InChI is InChI=1S/C26H19FN4O4S/c1-32-19-9-16(14-34-18-7-8-28-21(10-18)15-3-5-17(27)6-4-15)20-12-24(35-23(20)11-19)22-13-31-25(29-22)36-26(30-31)33-2/h3-13H,14H2,1-2H3. The van der Waals surface area contributed by atoms with Gasteiger partial charge in [-0.2, -0.15) is 0 Å². The number of aromatic nitrogens is 4. The first kappa shape index (κ1) is 22.1. The molecule has 6 aromatic rings. The maximum Gasteiger partial charge on any atom is 0.294 e. The highest BCUT2D eigenvalue weighted by Gasteiger charge is 2.17. The summed E-state index contributed by atoms with van der Waals surface area (Å²) in [5.41, 5.74) is 3.71. The van der Waals surface area contributed by atoms with E-state index in [-0.39, 0.29) is 12.4 Å². The summed E-state index contributed by atoms with van der Waals surface area (Å²) in [6, 6.07) is 15.5. The lowest BCUT2D eigenvalue weighted by atomic mass is 10.1. The number of halogens is 1. The van der Waals surface area contributed by atoms with Crippen molar-refractivity contribution >= 4 is 27.3 Å². The van der Waals surface area contributed by atoms with E-state index in [0.717, 1.165) is 16.5 Å². The number of benzene rings is 2. The molecule has 0 atom stereocenters. The number of imidazole rings is 1. The molecule has 0 amide bonds. The Bertz CT molecular complexity index is 1660. The number of rotatable bonds is 7. The molecule has 10 heteroatoms. The summed E-state index contributed by atoms with van der Waals surface area (Å²) in [7, 11) is 3.18. The predicted octanol–water partition coefficient (Wildman–Crippen LogP) is 6.00. The molecule has 0 unspecified atom stereocenters. The number of ether oxygens (including phenoxy) is 3. The number of fused-ring (bicyclic) bond motifs is 2. The SMILES string of the molecule is COc1cc(COc2ccnc(-c3ccc(F)cc3)c2)c2cc(-c3cn4nc(OC)sc4n3)oc2c1. The third-order valence-electron chi connectivity index (χ3n) is 5.65. The van der Waals surface area contributed by atoms with Gasteiger partial charge in [0, 0.05) is 34.8 Å². The van der Waals surface area contributed by atoms with Crippen molar-refractivity contribution in [2.75, 3.05) is 14.2 Å². The van der Waals surface area contributed by atoms with Crippen molar-refractivity contribution in [2.24, 2.45) is 0 Å². The molecule has 0 fully saturated rings. The van der Waals surface area contributed by atoms with E-state index >= 15 is 0 Å². The first-order valence-corrected chi connectivity index (χ1v) is 11.8. The minimum Gasteiger partial charge on any atom is -0.497 e. The third-order valence-corrected chi connectivity index (χ3v) is 6.53. The highest BCUT2D eigenvalue weighted by atomic mass is 32.1. The molecule has 0 spiro atoms. The van der Waals surface area contributed by atoms with Crippen LogP contribution in [0.5, 0.6) is 16.7 Å². The van der Waals surface area contributed by atoms with Gasteiger partial charge in [0.25, 0.3) is 5.19 Å². The van der Waals surface area contributed by atoms with Crippen LogP contribution in [0.1, 0.15) is 5.56 Å². The Labute approximate surface area is 208 Å². The van der Waals surface area contributed by atoms with E-state index in [2.05, 4.69) is 15.1 Å². The van der Waals surface area contributed by atoms with Crippen LogP contribution in [0.15, 0.2) is 71.4 Å². The average Bonchev–Trinajstić information content (AvgIpc) is 3.60. The lowest BCUT2D eigenvalue weighted by Gasteiger charge is -2.10. The van der Waals surface area contributed by atoms with Gasteiger partial charge < -0.3 is 18.6 Å². The van der Waals surface area contributed by atoms with E-state index < -0.39 is 0 Å². The van der Waals surface area contributed by atoms with Crippen LogP contribution in [-0.4, -0.2) is 33.8 Å². The molecule has 0 saturated carbocycles. The number of hydrogen-bond donors (Lipinski definition) is 0. The van der Waals surface area contributed by atoms with Crippen molar-refractivity contribution < 1.29 is 23.0 Å². The van der Waals surface area contributed by atoms with Crippen LogP contribution >= 0.6 is 11.3 Å². The molecule has 0 bridgehead atoms. The van der Waals surface area contributed by atoms with Gasteiger partial charge in [-0.25, -0.2) is 13.9 Å². The monoisotopic (exact) mass is 502 g/mol. The minimum atomic E-state index is -0.293. The van der Waals surface area contributed by atoms with Gasteiger partial charge in [0.15, 0.2) is 5.76 Å². The number of pyridine rings is 1. The first-order valence-electron chi connectivity index (χ1n) is 11.0. The van der Waals surface area contributed by atoms with Crippen LogP contribution in [0.4, 0.5) is 4.39 Å². The molecule has 2 aromatic carbocycles. The van der Waals surface area contributed by atoms with Crippen molar-refractivity contribution in [3.05, 3.63) is 78.4 Å². The molecule has 0 saturated heterocycles. The second kappa shape index (κ2) is 8.97. The molecule has 0 radical (unpaired) electrons. The van der Waals surface area contributed by atoms with Gasteiger partial charge in [-0.1, -0.05) is 0 Å². The molecule has 0 aliphatic heterocycles. The molecule has 6 rings (SSSR count). The minimum absolute atomic E-state index is 0.274. The molecule has 0 N–H and O–H groups in total. The van der Waals surface area contributed by atoms with Gasteiger partial charge in [0.05, 0.1) is 26.1 Å². The summed E-state index contributed by atoms with van der Waals surface area (Å²) < 4.78 is 37.8. The van der Waals surface area contributed by atoms with Crippen LogP contribution in [0.2, 0.25) is 0 Å². The quantitative estimate of drug-likeness (QED) is 0.265. The largest absolute Gasteiger partial charge is 0.497 e. The lowest BCUT2D eigenvalue weighted by molar-refractivity contribution is 0.306. The van der Waals surface area contributed by atoms with Gasteiger partial charge in [0.1, 0.15) is 35.2 Å². The predicted molar refractivity (Wildman–Crippen MR) is 133 cm³/mol. The van der Waals surface area contributed by atoms with Crippen LogP contribution in [0, 0.1) is 5.82 Å². The number of furan rings is 1. The van der Waals surface area contributed by atoms with Crippen molar-refractivity contribution in [3.8, 4) is 39.4 Å². The van der Waals surface area contributed by atoms with E-state index in [4.69, 9.17) is 18.6 Å². The van der Waals surface area contributed by atoms with Crippen molar-refractivity contribution in [1.29, 1.82) is 0 Å². The highest BCUT2D eigenvalue weighted by Crippen LogP contribution is 2.34.